The van der Waals surface area contributed by atoms with Crippen molar-refractivity contribution in [1.82, 2.24) is 5.16 Å². The largest absolute Gasteiger partial charge is 0.400 e. The average Bonchev–Trinajstić information content (AvgIpc) is 2.70. The Bertz CT molecular complexity index is 324. The van der Waals surface area contributed by atoms with Crippen molar-refractivity contribution in [1.29, 1.82) is 0 Å². The Labute approximate surface area is 72.7 Å². The van der Waals surface area contributed by atoms with Crippen molar-refractivity contribution in [3.8, 4) is 0 Å². The zero-order valence-corrected chi connectivity index (χ0v) is 6.98. The molecular formula is C8H8F3NO. The summed E-state index contributed by atoms with van der Waals surface area (Å²) < 4.78 is 42.2. The van der Waals surface area contributed by atoms with Gasteiger partial charge in [-0.1, -0.05) is 5.16 Å². The van der Waals surface area contributed by atoms with Crippen LogP contribution in [0.4, 0.5) is 13.2 Å². The number of nitrogens with zero attached hydrogens (tertiary/aromatic N) is 1. The molecule has 0 spiro atoms. The van der Waals surface area contributed by atoms with Gasteiger partial charge in [-0.15, -0.1) is 0 Å². The van der Waals surface area contributed by atoms with Crippen LogP contribution in [-0.2, 0) is 5.41 Å². The van der Waals surface area contributed by atoms with Crippen molar-refractivity contribution < 1.29 is 17.7 Å². The summed E-state index contributed by atoms with van der Waals surface area (Å²) in [4.78, 5) is 0. The van der Waals surface area contributed by atoms with Gasteiger partial charge in [0.2, 0.25) is 0 Å². The zero-order valence-electron chi connectivity index (χ0n) is 6.98. The molecule has 1 aromatic heterocycles. The van der Waals surface area contributed by atoms with Crippen LogP contribution in [0.5, 0.6) is 0 Å². The molecule has 1 aliphatic carbocycles. The van der Waals surface area contributed by atoms with Gasteiger partial charge in [0.05, 0.1) is 5.69 Å². The molecule has 0 bridgehead atoms. The van der Waals surface area contributed by atoms with E-state index in [4.69, 9.17) is 0 Å². The molecule has 0 atom stereocenters. The molecule has 0 aliphatic heterocycles. The minimum absolute atomic E-state index is 0.0255. The lowest BCUT2D eigenvalue weighted by Crippen LogP contribution is -2.28. The van der Waals surface area contributed by atoms with Gasteiger partial charge in [0.25, 0.3) is 0 Å². The van der Waals surface area contributed by atoms with Gasteiger partial charge >= 0.3 is 6.18 Å². The van der Waals surface area contributed by atoms with Gasteiger partial charge in [-0.05, 0) is 19.8 Å². The van der Waals surface area contributed by atoms with Crippen LogP contribution in [0.1, 0.15) is 24.3 Å². The summed E-state index contributed by atoms with van der Waals surface area (Å²) in [5.74, 6) is 0.422. The molecule has 13 heavy (non-hydrogen) atoms. The highest BCUT2D eigenvalue weighted by molar-refractivity contribution is 5.27. The fourth-order valence-corrected chi connectivity index (χ4v) is 1.40. The fourth-order valence-electron chi connectivity index (χ4n) is 1.40. The Morgan fingerprint density at radius 2 is 2.08 bits per heavy atom. The van der Waals surface area contributed by atoms with Crippen molar-refractivity contribution in [3.05, 3.63) is 17.5 Å². The van der Waals surface area contributed by atoms with Gasteiger partial charge in [0, 0.05) is 6.07 Å². The smallest absolute Gasteiger partial charge is 0.361 e. The van der Waals surface area contributed by atoms with Crippen molar-refractivity contribution in [2.24, 2.45) is 0 Å². The molecule has 1 aromatic rings. The van der Waals surface area contributed by atoms with Crippen LogP contribution in [0.25, 0.3) is 0 Å². The second-order valence-corrected chi connectivity index (χ2v) is 3.40. The summed E-state index contributed by atoms with van der Waals surface area (Å²) in [6, 6.07) is 1.36. The maximum absolute atomic E-state index is 12.5. The molecule has 1 saturated carbocycles. The van der Waals surface area contributed by atoms with Gasteiger partial charge in [-0.3, -0.25) is 0 Å². The van der Waals surface area contributed by atoms with E-state index in [1.54, 1.807) is 6.92 Å². The van der Waals surface area contributed by atoms with E-state index in [1.165, 1.54) is 6.07 Å². The number of alkyl halides is 3. The summed E-state index contributed by atoms with van der Waals surface area (Å²) in [5, 5.41) is 3.42. The van der Waals surface area contributed by atoms with E-state index in [2.05, 4.69) is 9.68 Å². The van der Waals surface area contributed by atoms with Crippen LogP contribution in [-0.4, -0.2) is 11.3 Å². The molecule has 0 saturated heterocycles. The highest BCUT2D eigenvalue weighted by Gasteiger charge is 2.66. The molecule has 1 fully saturated rings. The molecule has 1 heterocycles. The predicted octanol–water partition coefficient (Wildman–Crippen LogP) is 2.58. The first-order chi connectivity index (χ1) is 5.96. The molecule has 2 nitrogen and oxygen atoms in total. The lowest BCUT2D eigenvalue weighted by molar-refractivity contribution is -0.161. The van der Waals surface area contributed by atoms with Crippen LogP contribution in [0, 0.1) is 6.92 Å². The van der Waals surface area contributed by atoms with Gasteiger partial charge in [-0.25, -0.2) is 0 Å². The molecule has 0 N–H and O–H groups in total. The minimum Gasteiger partial charge on any atom is -0.361 e. The summed E-state index contributed by atoms with van der Waals surface area (Å²) >= 11 is 0. The number of aromatic nitrogens is 1. The Balaban J connectivity index is 2.36. The zero-order chi connectivity index (χ0) is 9.69. The summed E-state index contributed by atoms with van der Waals surface area (Å²) in [5.41, 5.74) is -1.68. The maximum Gasteiger partial charge on any atom is 0.400 e. The molecule has 0 aromatic carbocycles. The lowest BCUT2D eigenvalue weighted by atomic mass is 10.0. The Kier molecular flexibility index (Phi) is 1.50. The third-order valence-corrected chi connectivity index (χ3v) is 2.41. The van der Waals surface area contributed by atoms with E-state index in [0.717, 1.165) is 0 Å². The SMILES string of the molecule is Cc1cc(C2(C(F)(F)F)CC2)no1. The van der Waals surface area contributed by atoms with Crippen LogP contribution in [0.15, 0.2) is 10.6 Å². The lowest BCUT2D eigenvalue weighted by Gasteiger charge is -2.15. The summed E-state index contributed by atoms with van der Waals surface area (Å²) in [6.07, 6.45) is -3.94. The first-order valence-corrected chi connectivity index (χ1v) is 3.96. The molecule has 72 valence electrons. The Hall–Kier alpha value is -1.00. The number of halogens is 3. The highest BCUT2D eigenvalue weighted by atomic mass is 19.4. The number of rotatable bonds is 1. The monoisotopic (exact) mass is 191 g/mol. The molecule has 0 radical (unpaired) electrons. The van der Waals surface area contributed by atoms with Crippen molar-refractivity contribution in [2.45, 2.75) is 31.4 Å². The molecule has 0 amide bonds. The van der Waals surface area contributed by atoms with E-state index >= 15 is 0 Å². The average molecular weight is 191 g/mol. The third-order valence-electron chi connectivity index (χ3n) is 2.41. The van der Waals surface area contributed by atoms with Gasteiger partial charge in [-0.2, -0.15) is 13.2 Å². The number of hydrogen-bond donors (Lipinski definition) is 0. The Morgan fingerprint density at radius 3 is 2.38 bits per heavy atom. The van der Waals surface area contributed by atoms with Crippen LogP contribution in [0.2, 0.25) is 0 Å². The van der Waals surface area contributed by atoms with E-state index in [1.807, 2.05) is 0 Å². The minimum atomic E-state index is -4.20. The van der Waals surface area contributed by atoms with Crippen molar-refractivity contribution >= 4 is 0 Å². The maximum atomic E-state index is 12.5. The molecule has 1 aliphatic rings. The van der Waals surface area contributed by atoms with Crippen molar-refractivity contribution in [2.75, 3.05) is 0 Å². The standard InChI is InChI=1S/C8H8F3NO/c1-5-4-6(12-13-5)7(2-3-7)8(9,10)11/h4H,2-3H2,1H3. The number of hydrogen-bond acceptors (Lipinski definition) is 2. The van der Waals surface area contributed by atoms with Gasteiger partial charge in [0.15, 0.2) is 0 Å². The molecule has 5 heteroatoms. The first kappa shape index (κ1) is 8.59. The van der Waals surface area contributed by atoms with Crippen LogP contribution >= 0.6 is 0 Å². The van der Waals surface area contributed by atoms with Gasteiger partial charge in [0.1, 0.15) is 11.2 Å². The number of aryl methyl sites for hydroxylation is 1. The Morgan fingerprint density at radius 1 is 1.46 bits per heavy atom. The van der Waals surface area contributed by atoms with E-state index in [0.29, 0.717) is 5.76 Å². The predicted molar refractivity (Wildman–Crippen MR) is 38.2 cm³/mol. The first-order valence-electron chi connectivity index (χ1n) is 3.96. The normalized spacial score (nSPS) is 20.3. The summed E-state index contributed by atoms with van der Waals surface area (Å²) in [7, 11) is 0. The molecular weight excluding hydrogens is 183 g/mol. The second kappa shape index (κ2) is 2.27. The molecule has 2 rings (SSSR count). The second-order valence-electron chi connectivity index (χ2n) is 3.40. The van der Waals surface area contributed by atoms with Crippen LogP contribution < -0.4 is 0 Å². The fraction of sp³-hybridized carbons (Fsp3) is 0.625. The van der Waals surface area contributed by atoms with Gasteiger partial charge < -0.3 is 4.52 Å². The topological polar surface area (TPSA) is 26.0 Å². The third kappa shape index (κ3) is 1.14. The summed E-state index contributed by atoms with van der Waals surface area (Å²) in [6.45, 7) is 1.59. The molecule has 0 unspecified atom stereocenters. The van der Waals surface area contributed by atoms with E-state index in [9.17, 15) is 13.2 Å². The highest BCUT2D eigenvalue weighted by Crippen LogP contribution is 2.58. The van der Waals surface area contributed by atoms with Crippen molar-refractivity contribution in [3.63, 3.8) is 0 Å². The quantitative estimate of drug-likeness (QED) is 0.681. The van der Waals surface area contributed by atoms with Crippen LogP contribution in [0.3, 0.4) is 0 Å². The van der Waals surface area contributed by atoms with E-state index < -0.39 is 11.6 Å². The van der Waals surface area contributed by atoms with E-state index in [-0.39, 0.29) is 18.5 Å².